The van der Waals surface area contributed by atoms with Crippen LogP contribution in [-0.4, -0.2) is 45.1 Å². The first kappa shape index (κ1) is 24.2. The maximum atomic E-state index is 12.9. The van der Waals surface area contributed by atoms with E-state index in [2.05, 4.69) is 10.3 Å². The molecule has 1 heterocycles. The van der Waals surface area contributed by atoms with Gasteiger partial charge in [0.25, 0.3) is 0 Å². The van der Waals surface area contributed by atoms with Crippen LogP contribution in [0.1, 0.15) is 65.1 Å². The summed E-state index contributed by atoms with van der Waals surface area (Å²) in [5.74, 6) is -0.819. The van der Waals surface area contributed by atoms with Crippen molar-refractivity contribution in [2.45, 2.75) is 71.1 Å². The summed E-state index contributed by atoms with van der Waals surface area (Å²) < 4.78 is 0. The lowest BCUT2D eigenvalue weighted by molar-refractivity contribution is -0.130. The fraction of sp³-hybridized carbons (Fsp3) is 0.667. The molecule has 0 fully saturated rings. The molecule has 5 atom stereocenters. The highest BCUT2D eigenvalue weighted by Gasteiger charge is 2.33. The van der Waals surface area contributed by atoms with Gasteiger partial charge in [0.15, 0.2) is 5.78 Å². The number of amides is 1. The van der Waals surface area contributed by atoms with Crippen molar-refractivity contribution in [1.82, 2.24) is 10.3 Å². The van der Waals surface area contributed by atoms with Crippen LogP contribution in [-0.2, 0) is 9.59 Å². The Hall–Kier alpha value is -1.83. The molecular formula is C21H35N3O4. The van der Waals surface area contributed by atoms with Gasteiger partial charge >= 0.3 is 0 Å². The van der Waals surface area contributed by atoms with Crippen LogP contribution in [0.4, 0.5) is 0 Å². The summed E-state index contributed by atoms with van der Waals surface area (Å²) in [5, 5.41) is 22.4. The van der Waals surface area contributed by atoms with Gasteiger partial charge in [-0.25, -0.2) is 0 Å². The van der Waals surface area contributed by atoms with Gasteiger partial charge in [-0.05, 0) is 37.3 Å². The van der Waals surface area contributed by atoms with Crippen LogP contribution in [0.5, 0.6) is 0 Å². The summed E-state index contributed by atoms with van der Waals surface area (Å²) in [4.78, 5) is 29.6. The van der Waals surface area contributed by atoms with E-state index in [-0.39, 0.29) is 36.6 Å². The van der Waals surface area contributed by atoms with Gasteiger partial charge in [0.2, 0.25) is 5.91 Å². The third-order valence-corrected chi connectivity index (χ3v) is 5.56. The molecule has 1 aromatic heterocycles. The molecule has 0 saturated carbocycles. The number of carbonyl (C=O) groups is 2. The van der Waals surface area contributed by atoms with Crippen LogP contribution >= 0.6 is 0 Å². The summed E-state index contributed by atoms with van der Waals surface area (Å²) in [7, 11) is 0. The van der Waals surface area contributed by atoms with E-state index in [9.17, 15) is 19.8 Å². The number of pyridine rings is 1. The molecule has 7 nitrogen and oxygen atoms in total. The average molecular weight is 394 g/mol. The second-order valence-corrected chi connectivity index (χ2v) is 7.72. The number of nitrogens with zero attached hydrogens (tertiary/aromatic N) is 1. The standard InChI is InChI=1S/C21H35N3O4/c1-5-14(3)19(20(27)18(22)16-9-7-8-12-23-16)24-17(26)11-10-15(6-2)21(4,28)13-25/h7-9,12,14-15,18-19,25,28H,5-6,10-11,13,22H2,1-4H3,(H,24,26)/t14?,15?,18?,19-,21?/m0/s1. The van der Waals surface area contributed by atoms with Gasteiger partial charge in [0, 0.05) is 12.6 Å². The molecule has 1 rings (SSSR count). The Morgan fingerprint density at radius 3 is 2.46 bits per heavy atom. The Morgan fingerprint density at radius 1 is 1.29 bits per heavy atom. The summed E-state index contributed by atoms with van der Waals surface area (Å²) in [6.07, 6.45) is 3.51. The zero-order valence-corrected chi connectivity index (χ0v) is 17.4. The molecule has 158 valence electrons. The lowest BCUT2D eigenvalue weighted by Gasteiger charge is -2.31. The zero-order valence-electron chi connectivity index (χ0n) is 17.4. The van der Waals surface area contributed by atoms with Crippen molar-refractivity contribution in [3.05, 3.63) is 30.1 Å². The fourth-order valence-corrected chi connectivity index (χ4v) is 3.26. The summed E-state index contributed by atoms with van der Waals surface area (Å²) in [5.41, 5.74) is 5.34. The Bertz CT molecular complexity index is 621. The highest BCUT2D eigenvalue weighted by molar-refractivity contribution is 5.93. The number of ketones is 1. The van der Waals surface area contributed by atoms with E-state index < -0.39 is 17.7 Å². The largest absolute Gasteiger partial charge is 0.393 e. The molecule has 0 aliphatic rings. The third-order valence-electron chi connectivity index (χ3n) is 5.56. The number of nitrogens with two attached hydrogens (primary N) is 1. The molecule has 1 aromatic rings. The second kappa shape index (κ2) is 11.2. The molecule has 4 unspecified atom stereocenters. The maximum absolute atomic E-state index is 12.9. The minimum absolute atomic E-state index is 0.0752. The number of aliphatic hydroxyl groups is 2. The van der Waals surface area contributed by atoms with E-state index in [1.165, 1.54) is 0 Å². The minimum Gasteiger partial charge on any atom is -0.393 e. The lowest BCUT2D eigenvalue weighted by Crippen LogP contribution is -2.49. The molecule has 0 aliphatic heterocycles. The molecular weight excluding hydrogens is 358 g/mol. The smallest absolute Gasteiger partial charge is 0.220 e. The summed E-state index contributed by atoms with van der Waals surface area (Å²) in [6, 6.07) is 3.61. The molecule has 5 N–H and O–H groups in total. The molecule has 0 saturated heterocycles. The predicted octanol–water partition coefficient (Wildman–Crippen LogP) is 1.73. The van der Waals surface area contributed by atoms with Crippen molar-refractivity contribution in [3.8, 4) is 0 Å². The Balaban J connectivity index is 2.80. The summed E-state index contributed by atoms with van der Waals surface area (Å²) in [6.45, 7) is 6.97. The SMILES string of the molecule is CCC(C)[C@H](NC(=O)CCC(CC)C(C)(O)CO)C(=O)C(N)c1ccccn1. The van der Waals surface area contributed by atoms with E-state index in [4.69, 9.17) is 5.73 Å². The number of carbonyl (C=O) groups excluding carboxylic acids is 2. The van der Waals surface area contributed by atoms with Crippen LogP contribution in [0.15, 0.2) is 24.4 Å². The first-order chi connectivity index (χ1) is 13.2. The van der Waals surface area contributed by atoms with Crippen LogP contribution in [0, 0.1) is 11.8 Å². The normalized spacial score (nSPS) is 17.8. The molecule has 0 radical (unpaired) electrons. The summed E-state index contributed by atoms with van der Waals surface area (Å²) >= 11 is 0. The fourth-order valence-electron chi connectivity index (χ4n) is 3.26. The van der Waals surface area contributed by atoms with Crippen molar-refractivity contribution in [1.29, 1.82) is 0 Å². The molecule has 28 heavy (non-hydrogen) atoms. The first-order valence-electron chi connectivity index (χ1n) is 10.0. The molecule has 7 heteroatoms. The number of rotatable bonds is 12. The Morgan fingerprint density at radius 2 is 1.96 bits per heavy atom. The van der Waals surface area contributed by atoms with Gasteiger partial charge in [0.05, 0.1) is 23.9 Å². The van der Waals surface area contributed by atoms with E-state index in [0.29, 0.717) is 25.0 Å². The second-order valence-electron chi connectivity index (χ2n) is 7.72. The third kappa shape index (κ3) is 6.65. The number of nitrogens with one attached hydrogen (secondary N) is 1. The van der Waals surface area contributed by atoms with Crippen molar-refractivity contribution in [2.75, 3.05) is 6.61 Å². The highest BCUT2D eigenvalue weighted by atomic mass is 16.3. The number of aromatic nitrogens is 1. The van der Waals surface area contributed by atoms with Crippen LogP contribution < -0.4 is 11.1 Å². The Labute approximate surface area is 167 Å². The van der Waals surface area contributed by atoms with Gasteiger partial charge in [-0.1, -0.05) is 39.7 Å². The molecule has 1 amide bonds. The molecule has 0 aliphatic carbocycles. The van der Waals surface area contributed by atoms with Crippen LogP contribution in [0.3, 0.4) is 0 Å². The van der Waals surface area contributed by atoms with Crippen molar-refractivity contribution in [3.63, 3.8) is 0 Å². The van der Waals surface area contributed by atoms with Crippen molar-refractivity contribution >= 4 is 11.7 Å². The van der Waals surface area contributed by atoms with E-state index >= 15 is 0 Å². The number of hydrogen-bond donors (Lipinski definition) is 4. The van der Waals surface area contributed by atoms with Gasteiger partial charge in [0.1, 0.15) is 6.04 Å². The predicted molar refractivity (Wildman–Crippen MR) is 108 cm³/mol. The van der Waals surface area contributed by atoms with Gasteiger partial charge < -0.3 is 21.3 Å². The van der Waals surface area contributed by atoms with E-state index in [0.717, 1.165) is 0 Å². The first-order valence-corrected chi connectivity index (χ1v) is 10.0. The zero-order chi connectivity index (χ0) is 21.3. The quantitative estimate of drug-likeness (QED) is 0.428. The molecule has 0 bridgehead atoms. The van der Waals surface area contributed by atoms with Crippen molar-refractivity contribution in [2.24, 2.45) is 17.6 Å². The minimum atomic E-state index is -1.23. The maximum Gasteiger partial charge on any atom is 0.220 e. The molecule has 0 spiro atoms. The molecule has 0 aromatic carbocycles. The number of Topliss-reactive ketones (excluding diaryl/α,β-unsaturated/α-hetero) is 1. The monoisotopic (exact) mass is 393 g/mol. The van der Waals surface area contributed by atoms with Gasteiger partial charge in [-0.3, -0.25) is 14.6 Å². The number of hydrogen-bond acceptors (Lipinski definition) is 6. The van der Waals surface area contributed by atoms with E-state index in [1.54, 1.807) is 31.3 Å². The van der Waals surface area contributed by atoms with Gasteiger partial charge in [-0.2, -0.15) is 0 Å². The average Bonchev–Trinajstić information content (AvgIpc) is 2.71. The topological polar surface area (TPSA) is 126 Å². The van der Waals surface area contributed by atoms with Crippen LogP contribution in [0.25, 0.3) is 0 Å². The highest BCUT2D eigenvalue weighted by Crippen LogP contribution is 2.25. The van der Waals surface area contributed by atoms with Crippen molar-refractivity contribution < 1.29 is 19.8 Å². The Kier molecular flexibility index (Phi) is 9.72. The van der Waals surface area contributed by atoms with E-state index in [1.807, 2.05) is 20.8 Å². The lowest BCUT2D eigenvalue weighted by atomic mass is 9.84. The number of aliphatic hydroxyl groups excluding tert-OH is 1. The van der Waals surface area contributed by atoms with Crippen LogP contribution in [0.2, 0.25) is 0 Å². The van der Waals surface area contributed by atoms with Gasteiger partial charge in [-0.15, -0.1) is 0 Å².